The average Bonchev–Trinajstić information content (AvgIpc) is 2.44. The van der Waals surface area contributed by atoms with E-state index in [4.69, 9.17) is 0 Å². The van der Waals surface area contributed by atoms with Gasteiger partial charge in [-0.1, -0.05) is 19.1 Å². The summed E-state index contributed by atoms with van der Waals surface area (Å²) in [5.74, 6) is 0.826. The summed E-state index contributed by atoms with van der Waals surface area (Å²) in [6, 6.07) is 7.02. The molecule has 126 valence electrons. The van der Waals surface area contributed by atoms with E-state index in [9.17, 15) is 8.42 Å². The Hall–Kier alpha value is -0.830. The van der Waals surface area contributed by atoms with Crippen molar-refractivity contribution in [3.63, 3.8) is 0 Å². The lowest BCUT2D eigenvalue weighted by molar-refractivity contribution is 0.602. The van der Waals surface area contributed by atoms with Crippen LogP contribution in [0.4, 0.5) is 0 Å². The van der Waals surface area contributed by atoms with Crippen LogP contribution in [0.15, 0.2) is 34.2 Å². The minimum absolute atomic E-state index is 0. The zero-order valence-electron chi connectivity index (χ0n) is 13.4. The largest absolute Gasteiger partial charge is 0.357 e. The molecule has 0 heterocycles. The summed E-state index contributed by atoms with van der Waals surface area (Å²) >= 11 is 0. The molecule has 0 saturated heterocycles. The molecule has 2 N–H and O–H groups in total. The fourth-order valence-electron chi connectivity index (χ4n) is 1.79. The molecule has 0 aliphatic rings. The van der Waals surface area contributed by atoms with Crippen molar-refractivity contribution in [3.8, 4) is 0 Å². The first-order valence-corrected chi connectivity index (χ1v) is 9.17. The Morgan fingerprint density at radius 3 is 2.27 bits per heavy atom. The van der Waals surface area contributed by atoms with Gasteiger partial charge in [-0.15, -0.1) is 24.0 Å². The second kappa shape index (κ2) is 10.8. The molecule has 0 unspecified atom stereocenters. The highest BCUT2D eigenvalue weighted by Crippen LogP contribution is 2.10. The van der Waals surface area contributed by atoms with Gasteiger partial charge in [0.1, 0.15) is 0 Å². The second-order valence-electron chi connectivity index (χ2n) is 4.85. The molecular formula is C15H26IN3O2S. The Morgan fingerprint density at radius 1 is 1.14 bits per heavy atom. The summed E-state index contributed by atoms with van der Waals surface area (Å²) in [5, 5.41) is 6.46. The van der Waals surface area contributed by atoms with Crippen LogP contribution in [0.5, 0.6) is 0 Å². The molecule has 1 rings (SSSR count). The number of hydrogen-bond donors (Lipinski definition) is 2. The number of sulfone groups is 1. The van der Waals surface area contributed by atoms with E-state index < -0.39 is 9.84 Å². The van der Waals surface area contributed by atoms with Crippen molar-refractivity contribution in [1.82, 2.24) is 10.6 Å². The lowest BCUT2D eigenvalue weighted by atomic mass is 10.1. The first-order valence-electron chi connectivity index (χ1n) is 7.28. The van der Waals surface area contributed by atoms with Crippen LogP contribution < -0.4 is 10.6 Å². The number of hydrogen-bond acceptors (Lipinski definition) is 3. The van der Waals surface area contributed by atoms with Crippen LogP contribution in [0.3, 0.4) is 0 Å². The summed E-state index contributed by atoms with van der Waals surface area (Å²) in [6.07, 6.45) is 3.06. The molecule has 0 bridgehead atoms. The van der Waals surface area contributed by atoms with Crippen molar-refractivity contribution in [1.29, 1.82) is 0 Å². The molecule has 0 aromatic heterocycles. The van der Waals surface area contributed by atoms with Crippen LogP contribution >= 0.6 is 24.0 Å². The van der Waals surface area contributed by atoms with Gasteiger partial charge in [-0.25, -0.2) is 8.42 Å². The Morgan fingerprint density at radius 2 is 1.77 bits per heavy atom. The predicted molar refractivity (Wildman–Crippen MR) is 103 cm³/mol. The number of nitrogens with zero attached hydrogens (tertiary/aromatic N) is 1. The van der Waals surface area contributed by atoms with Crippen molar-refractivity contribution in [3.05, 3.63) is 29.8 Å². The van der Waals surface area contributed by atoms with Gasteiger partial charge >= 0.3 is 0 Å². The Labute approximate surface area is 150 Å². The van der Waals surface area contributed by atoms with Crippen LogP contribution in [0.1, 0.15) is 25.8 Å². The molecule has 0 atom stereocenters. The summed E-state index contributed by atoms with van der Waals surface area (Å²) < 4.78 is 22.8. The highest BCUT2D eigenvalue weighted by Gasteiger charge is 2.06. The zero-order chi connectivity index (χ0) is 15.7. The zero-order valence-corrected chi connectivity index (χ0v) is 16.6. The molecule has 0 amide bonds. The monoisotopic (exact) mass is 439 g/mol. The van der Waals surface area contributed by atoms with Gasteiger partial charge in [0, 0.05) is 25.9 Å². The van der Waals surface area contributed by atoms with Crippen LogP contribution in [-0.4, -0.2) is 40.3 Å². The van der Waals surface area contributed by atoms with Crippen LogP contribution in [0, 0.1) is 0 Å². The fourth-order valence-corrected chi connectivity index (χ4v) is 2.42. The molecule has 0 fully saturated rings. The van der Waals surface area contributed by atoms with Crippen molar-refractivity contribution in [2.75, 3.05) is 25.9 Å². The summed E-state index contributed by atoms with van der Waals surface area (Å²) in [4.78, 5) is 4.78. The fraction of sp³-hybridized carbons (Fsp3) is 0.533. The molecule has 0 saturated carbocycles. The maximum Gasteiger partial charge on any atom is 0.191 e. The molecule has 5 nitrogen and oxygen atoms in total. The standard InChI is InChI=1S/C15H25N3O2S.HI/c1-4-11-17-15(16-5-2)18-12-10-13-6-8-14(9-7-13)21(3,19)20;/h6-9H,4-5,10-12H2,1-3H3,(H2,16,17,18);1H. The minimum atomic E-state index is -3.12. The molecule has 7 heteroatoms. The molecule has 0 aliphatic carbocycles. The third kappa shape index (κ3) is 7.98. The molecular weight excluding hydrogens is 413 g/mol. The van der Waals surface area contributed by atoms with Crippen LogP contribution in [0.25, 0.3) is 0 Å². The van der Waals surface area contributed by atoms with E-state index in [1.165, 1.54) is 6.26 Å². The van der Waals surface area contributed by atoms with Gasteiger partial charge in [0.2, 0.25) is 0 Å². The summed E-state index contributed by atoms with van der Waals surface area (Å²) in [6.45, 7) is 6.52. The van der Waals surface area contributed by atoms with Gasteiger partial charge in [-0.2, -0.15) is 0 Å². The number of aliphatic imine (C=N–C) groups is 1. The lowest BCUT2D eigenvalue weighted by Crippen LogP contribution is -2.38. The molecule has 1 aromatic rings. The Bertz CT molecular complexity index is 557. The first kappa shape index (κ1) is 21.2. The molecule has 0 spiro atoms. The van der Waals surface area contributed by atoms with Crippen molar-refractivity contribution >= 4 is 39.8 Å². The van der Waals surface area contributed by atoms with Gasteiger partial charge in [0.05, 0.1) is 4.90 Å². The van der Waals surface area contributed by atoms with E-state index in [1.807, 2.05) is 19.1 Å². The topological polar surface area (TPSA) is 70.6 Å². The van der Waals surface area contributed by atoms with E-state index in [2.05, 4.69) is 22.5 Å². The van der Waals surface area contributed by atoms with Gasteiger partial charge in [0.25, 0.3) is 0 Å². The molecule has 0 radical (unpaired) electrons. The van der Waals surface area contributed by atoms with Crippen LogP contribution in [0.2, 0.25) is 0 Å². The minimum Gasteiger partial charge on any atom is -0.357 e. The third-order valence-corrected chi connectivity index (χ3v) is 4.02. The number of benzene rings is 1. The number of guanidine groups is 1. The van der Waals surface area contributed by atoms with Crippen molar-refractivity contribution in [2.45, 2.75) is 31.6 Å². The quantitative estimate of drug-likeness (QED) is 0.389. The SMILES string of the molecule is CCCN=C(NCC)NCCc1ccc(S(C)(=O)=O)cc1.I. The van der Waals surface area contributed by atoms with Crippen LogP contribution in [-0.2, 0) is 16.3 Å². The highest BCUT2D eigenvalue weighted by molar-refractivity contribution is 14.0. The van der Waals surface area contributed by atoms with Gasteiger partial charge < -0.3 is 10.6 Å². The maximum atomic E-state index is 11.4. The molecule has 0 aliphatic heterocycles. The summed E-state index contributed by atoms with van der Waals surface area (Å²) in [5.41, 5.74) is 1.10. The Balaban J connectivity index is 0.00000441. The number of nitrogens with one attached hydrogen (secondary N) is 2. The van der Waals surface area contributed by atoms with Gasteiger partial charge in [-0.05, 0) is 37.5 Å². The second-order valence-corrected chi connectivity index (χ2v) is 6.87. The van der Waals surface area contributed by atoms with E-state index in [-0.39, 0.29) is 24.0 Å². The van der Waals surface area contributed by atoms with Crippen molar-refractivity contribution < 1.29 is 8.42 Å². The highest BCUT2D eigenvalue weighted by atomic mass is 127. The smallest absolute Gasteiger partial charge is 0.191 e. The van der Waals surface area contributed by atoms with Gasteiger partial charge in [0.15, 0.2) is 15.8 Å². The van der Waals surface area contributed by atoms with E-state index >= 15 is 0 Å². The number of halogens is 1. The van der Waals surface area contributed by atoms with E-state index in [1.54, 1.807) is 12.1 Å². The van der Waals surface area contributed by atoms with Crippen molar-refractivity contribution in [2.24, 2.45) is 4.99 Å². The van der Waals surface area contributed by atoms with E-state index in [0.717, 1.165) is 44.0 Å². The maximum absolute atomic E-state index is 11.4. The first-order chi connectivity index (χ1) is 9.97. The Kier molecular flexibility index (Phi) is 10.4. The molecule has 22 heavy (non-hydrogen) atoms. The third-order valence-electron chi connectivity index (χ3n) is 2.90. The average molecular weight is 439 g/mol. The normalized spacial score (nSPS) is 11.7. The predicted octanol–water partition coefficient (Wildman–Crippen LogP) is 2.22. The molecule has 1 aromatic carbocycles. The van der Waals surface area contributed by atoms with Gasteiger partial charge in [-0.3, -0.25) is 4.99 Å². The number of rotatable bonds is 7. The lowest BCUT2D eigenvalue weighted by Gasteiger charge is -2.11. The summed E-state index contributed by atoms with van der Waals surface area (Å²) in [7, 11) is -3.12. The van der Waals surface area contributed by atoms with E-state index in [0.29, 0.717) is 4.90 Å².